The van der Waals surface area contributed by atoms with Gasteiger partial charge in [-0.25, -0.2) is 0 Å². The van der Waals surface area contributed by atoms with Crippen LogP contribution in [0, 0.1) is 0 Å². The molecule has 21 heavy (non-hydrogen) atoms. The molecule has 0 aliphatic heterocycles. The normalized spacial score (nSPS) is 17.6. The fourth-order valence-electron chi connectivity index (χ4n) is 2.11. The second-order valence-corrected chi connectivity index (χ2v) is 5.61. The predicted molar refractivity (Wildman–Crippen MR) is 85.0 cm³/mol. The number of aliphatic hydroxyl groups excluding tert-OH is 1. The van der Waals surface area contributed by atoms with Gasteiger partial charge in [-0.05, 0) is 51.2 Å². The van der Waals surface area contributed by atoms with Gasteiger partial charge in [0.25, 0.3) is 0 Å². The summed E-state index contributed by atoms with van der Waals surface area (Å²) >= 11 is 0. The quantitative estimate of drug-likeness (QED) is 0.682. The number of hydrogen-bond donors (Lipinski definition) is 1. The summed E-state index contributed by atoms with van der Waals surface area (Å²) in [6.07, 6.45) is 5.55. The average Bonchev–Trinajstić information content (AvgIpc) is 2.42. The third kappa shape index (κ3) is 7.66. The highest BCUT2D eigenvalue weighted by atomic mass is 16.5. The van der Waals surface area contributed by atoms with Crippen molar-refractivity contribution in [1.82, 2.24) is 0 Å². The van der Waals surface area contributed by atoms with Gasteiger partial charge >= 0.3 is 5.97 Å². The van der Waals surface area contributed by atoms with E-state index in [1.165, 1.54) is 5.57 Å². The zero-order valence-electron chi connectivity index (χ0n) is 13.2. The third-order valence-corrected chi connectivity index (χ3v) is 3.11. The molecule has 2 rings (SSSR count). The van der Waals surface area contributed by atoms with Gasteiger partial charge in [-0.1, -0.05) is 36.4 Å². The van der Waals surface area contributed by atoms with Gasteiger partial charge in [0.15, 0.2) is 0 Å². The molecule has 1 aliphatic carbocycles. The first-order chi connectivity index (χ1) is 9.99. The number of hydrogen-bond acceptors (Lipinski definition) is 3. The molecule has 116 valence electrons. The number of carbonyl (C=O) groups is 1. The molecular formula is C18H26O3. The van der Waals surface area contributed by atoms with Crippen LogP contribution in [0.1, 0.15) is 45.6 Å². The van der Waals surface area contributed by atoms with Crippen LogP contribution in [0.5, 0.6) is 0 Å². The van der Waals surface area contributed by atoms with E-state index >= 15 is 0 Å². The van der Waals surface area contributed by atoms with Crippen molar-refractivity contribution in [3.63, 3.8) is 0 Å². The van der Waals surface area contributed by atoms with Crippen LogP contribution in [0.2, 0.25) is 0 Å². The molecule has 1 atom stereocenters. The third-order valence-electron chi connectivity index (χ3n) is 3.11. The molecule has 0 fully saturated rings. The standard InChI is InChI=1S/C15H18O2.C3H8O/c1-12-7-5-6-10-14(12)17-15(16)11-13-8-3-2-4-9-13;1-3(2)4/h2-4,7-9,14H,5-6,10-11H2,1H3;3-4H,1-2H3. The van der Waals surface area contributed by atoms with Crippen LogP contribution in [-0.2, 0) is 16.0 Å². The number of carbonyl (C=O) groups excluding carboxylic acids is 1. The molecule has 0 saturated carbocycles. The van der Waals surface area contributed by atoms with E-state index < -0.39 is 0 Å². The molecule has 1 unspecified atom stereocenters. The van der Waals surface area contributed by atoms with Crippen molar-refractivity contribution in [2.24, 2.45) is 0 Å². The van der Waals surface area contributed by atoms with Crippen LogP contribution < -0.4 is 0 Å². The first-order valence-electron chi connectivity index (χ1n) is 7.57. The fourth-order valence-corrected chi connectivity index (χ4v) is 2.11. The van der Waals surface area contributed by atoms with Crippen LogP contribution in [0.15, 0.2) is 42.0 Å². The summed E-state index contributed by atoms with van der Waals surface area (Å²) in [6, 6.07) is 9.72. The van der Waals surface area contributed by atoms with Gasteiger partial charge in [0.05, 0.1) is 6.42 Å². The van der Waals surface area contributed by atoms with E-state index in [2.05, 4.69) is 6.08 Å². The van der Waals surface area contributed by atoms with Gasteiger partial charge in [0.2, 0.25) is 0 Å². The maximum Gasteiger partial charge on any atom is 0.310 e. The van der Waals surface area contributed by atoms with Crippen molar-refractivity contribution >= 4 is 5.97 Å². The lowest BCUT2D eigenvalue weighted by atomic mass is 9.98. The van der Waals surface area contributed by atoms with Crippen LogP contribution >= 0.6 is 0 Å². The van der Waals surface area contributed by atoms with Crippen LogP contribution in [0.4, 0.5) is 0 Å². The predicted octanol–water partition coefficient (Wildman–Crippen LogP) is 3.66. The second-order valence-electron chi connectivity index (χ2n) is 5.61. The Kier molecular flexibility index (Phi) is 7.76. The molecule has 0 radical (unpaired) electrons. The molecule has 3 heteroatoms. The van der Waals surface area contributed by atoms with E-state index in [9.17, 15) is 4.79 Å². The summed E-state index contributed by atoms with van der Waals surface area (Å²) in [6.45, 7) is 5.49. The van der Waals surface area contributed by atoms with E-state index in [0.717, 1.165) is 24.8 Å². The Labute approximate surface area is 127 Å². The average molecular weight is 290 g/mol. The number of benzene rings is 1. The van der Waals surface area contributed by atoms with Gasteiger partial charge in [0.1, 0.15) is 6.10 Å². The fraction of sp³-hybridized carbons (Fsp3) is 0.500. The summed E-state index contributed by atoms with van der Waals surface area (Å²) in [5, 5.41) is 8.06. The van der Waals surface area contributed by atoms with Crippen molar-refractivity contribution < 1.29 is 14.6 Å². The Morgan fingerprint density at radius 1 is 1.33 bits per heavy atom. The minimum absolute atomic E-state index is 0.0000350. The van der Waals surface area contributed by atoms with Gasteiger partial charge in [0, 0.05) is 6.10 Å². The topological polar surface area (TPSA) is 46.5 Å². The van der Waals surface area contributed by atoms with Crippen molar-refractivity contribution in [3.8, 4) is 0 Å². The number of aliphatic hydroxyl groups is 1. The van der Waals surface area contributed by atoms with Crippen molar-refractivity contribution in [2.75, 3.05) is 0 Å². The Hall–Kier alpha value is -1.61. The highest BCUT2D eigenvalue weighted by Gasteiger charge is 2.18. The summed E-state index contributed by atoms with van der Waals surface area (Å²) in [7, 11) is 0. The van der Waals surface area contributed by atoms with Gasteiger partial charge < -0.3 is 9.84 Å². The minimum atomic E-state index is -0.167. The molecule has 0 spiro atoms. The van der Waals surface area contributed by atoms with Gasteiger partial charge in [-0.2, -0.15) is 0 Å². The monoisotopic (exact) mass is 290 g/mol. The summed E-state index contributed by atoms with van der Waals surface area (Å²) in [4.78, 5) is 11.8. The molecule has 0 aromatic heterocycles. The van der Waals surface area contributed by atoms with Crippen LogP contribution in [0.25, 0.3) is 0 Å². The van der Waals surface area contributed by atoms with Crippen LogP contribution in [-0.4, -0.2) is 23.3 Å². The van der Waals surface area contributed by atoms with E-state index in [0.29, 0.717) is 6.42 Å². The molecule has 0 heterocycles. The largest absolute Gasteiger partial charge is 0.458 e. The Morgan fingerprint density at radius 2 is 1.95 bits per heavy atom. The smallest absolute Gasteiger partial charge is 0.310 e. The van der Waals surface area contributed by atoms with Gasteiger partial charge in [-0.15, -0.1) is 0 Å². The SMILES string of the molecule is CC(C)O.CC1=CCCCC1OC(=O)Cc1ccccc1. The highest BCUT2D eigenvalue weighted by molar-refractivity contribution is 5.73. The summed E-state index contributed by atoms with van der Waals surface area (Å²) in [5.74, 6) is -0.129. The van der Waals surface area contributed by atoms with Crippen LogP contribution in [0.3, 0.4) is 0 Å². The van der Waals surface area contributed by atoms with E-state index in [1.54, 1.807) is 13.8 Å². The molecule has 0 bridgehead atoms. The molecule has 1 N–H and O–H groups in total. The van der Waals surface area contributed by atoms with E-state index in [1.807, 2.05) is 37.3 Å². The first kappa shape index (κ1) is 17.4. The van der Waals surface area contributed by atoms with Gasteiger partial charge in [-0.3, -0.25) is 4.79 Å². The maximum atomic E-state index is 11.8. The molecule has 0 saturated heterocycles. The highest BCUT2D eigenvalue weighted by Crippen LogP contribution is 2.21. The molecule has 3 nitrogen and oxygen atoms in total. The number of rotatable bonds is 3. The molecule has 1 aromatic rings. The lowest BCUT2D eigenvalue weighted by Crippen LogP contribution is -2.22. The van der Waals surface area contributed by atoms with E-state index in [-0.39, 0.29) is 18.2 Å². The lowest BCUT2D eigenvalue weighted by Gasteiger charge is -2.22. The number of esters is 1. The zero-order chi connectivity index (χ0) is 15.7. The number of ether oxygens (including phenoxy) is 1. The van der Waals surface area contributed by atoms with E-state index in [4.69, 9.17) is 9.84 Å². The Morgan fingerprint density at radius 3 is 2.52 bits per heavy atom. The summed E-state index contributed by atoms with van der Waals surface area (Å²) in [5.41, 5.74) is 2.20. The number of allylic oxidation sites excluding steroid dienone is 1. The minimum Gasteiger partial charge on any atom is -0.458 e. The molecule has 0 amide bonds. The summed E-state index contributed by atoms with van der Waals surface area (Å²) < 4.78 is 5.50. The Bertz CT molecular complexity index is 446. The van der Waals surface area contributed by atoms with Crippen molar-refractivity contribution in [2.45, 2.75) is 58.7 Å². The van der Waals surface area contributed by atoms with Crippen molar-refractivity contribution in [1.29, 1.82) is 0 Å². The van der Waals surface area contributed by atoms with Crippen molar-refractivity contribution in [3.05, 3.63) is 47.5 Å². The first-order valence-corrected chi connectivity index (χ1v) is 7.57. The zero-order valence-corrected chi connectivity index (χ0v) is 13.2. The lowest BCUT2D eigenvalue weighted by molar-refractivity contribution is -0.147. The second kappa shape index (κ2) is 9.35. The molecule has 1 aromatic carbocycles. The molecule has 1 aliphatic rings. The molecular weight excluding hydrogens is 264 g/mol. The maximum absolute atomic E-state index is 11.8. The Balaban J connectivity index is 0.000000491.